The maximum atomic E-state index is 4.15. The predicted molar refractivity (Wildman–Crippen MR) is 45.4 cm³/mol. The van der Waals surface area contributed by atoms with Gasteiger partial charge in [0.1, 0.15) is 6.33 Å². The van der Waals surface area contributed by atoms with Crippen molar-refractivity contribution < 1.29 is 0 Å². The molecule has 0 atom stereocenters. The molecule has 0 bridgehead atoms. The highest BCUT2D eigenvalue weighted by Crippen LogP contribution is 2.16. The van der Waals surface area contributed by atoms with Gasteiger partial charge in [-0.15, -0.1) is 0 Å². The van der Waals surface area contributed by atoms with E-state index in [1.807, 2.05) is 20.0 Å². The van der Waals surface area contributed by atoms with Crippen molar-refractivity contribution in [3.05, 3.63) is 23.8 Å². The third-order valence-electron chi connectivity index (χ3n) is 1.74. The van der Waals surface area contributed by atoms with E-state index in [1.54, 1.807) is 6.33 Å². The fourth-order valence-corrected chi connectivity index (χ4v) is 1.26. The molecular weight excluding hydrogens is 136 g/mol. The molecule has 1 aromatic heterocycles. The molecule has 1 aromatic rings. The first-order valence-electron chi connectivity index (χ1n) is 4.24. The Balaban J connectivity index is 0.000000281. The molecule has 0 N–H and O–H groups in total. The number of aromatic nitrogens is 2. The summed E-state index contributed by atoms with van der Waals surface area (Å²) in [7, 11) is 0. The Hall–Kier alpha value is -0.920. The lowest BCUT2D eigenvalue weighted by Crippen LogP contribution is -1.87. The molecule has 1 aliphatic rings. The Morgan fingerprint density at radius 1 is 1.27 bits per heavy atom. The zero-order valence-corrected chi connectivity index (χ0v) is 7.17. The average molecular weight is 150 g/mol. The molecule has 0 amide bonds. The van der Waals surface area contributed by atoms with Gasteiger partial charge < -0.3 is 0 Å². The molecular formula is C9H14N2. The van der Waals surface area contributed by atoms with E-state index in [-0.39, 0.29) is 0 Å². The van der Waals surface area contributed by atoms with E-state index in [0.717, 1.165) is 6.42 Å². The normalized spacial score (nSPS) is 13.3. The van der Waals surface area contributed by atoms with E-state index < -0.39 is 0 Å². The number of rotatable bonds is 0. The lowest BCUT2D eigenvalue weighted by Gasteiger charge is -1.91. The smallest absolute Gasteiger partial charge is 0.115 e. The van der Waals surface area contributed by atoms with Crippen molar-refractivity contribution in [3.8, 4) is 0 Å². The van der Waals surface area contributed by atoms with Crippen LogP contribution in [0.15, 0.2) is 12.5 Å². The topological polar surface area (TPSA) is 25.8 Å². The fourth-order valence-electron chi connectivity index (χ4n) is 1.26. The van der Waals surface area contributed by atoms with Crippen LogP contribution < -0.4 is 0 Å². The summed E-state index contributed by atoms with van der Waals surface area (Å²) >= 11 is 0. The predicted octanol–water partition coefficient (Wildman–Crippen LogP) is 1.99. The van der Waals surface area contributed by atoms with Gasteiger partial charge >= 0.3 is 0 Å². The molecule has 60 valence electrons. The minimum atomic E-state index is 1.15. The summed E-state index contributed by atoms with van der Waals surface area (Å²) in [5.74, 6) is 0. The molecule has 2 rings (SSSR count). The molecule has 0 fully saturated rings. The van der Waals surface area contributed by atoms with Gasteiger partial charge in [0, 0.05) is 11.9 Å². The second-order valence-electron chi connectivity index (χ2n) is 2.35. The van der Waals surface area contributed by atoms with Crippen LogP contribution in [0.25, 0.3) is 0 Å². The van der Waals surface area contributed by atoms with Gasteiger partial charge in [-0.3, -0.25) is 0 Å². The monoisotopic (exact) mass is 150 g/mol. The summed E-state index contributed by atoms with van der Waals surface area (Å²) in [5.41, 5.74) is 2.60. The molecule has 0 aromatic carbocycles. The highest BCUT2D eigenvalue weighted by molar-refractivity contribution is 5.20. The van der Waals surface area contributed by atoms with E-state index in [1.165, 1.54) is 24.1 Å². The van der Waals surface area contributed by atoms with E-state index >= 15 is 0 Å². The molecule has 0 saturated heterocycles. The standard InChI is InChI=1S/C7H8N2.C2H6/c1-2-6-4-8-5-9-7(6)3-1;1-2/h4-5H,1-3H2;1-2H3. The zero-order valence-electron chi connectivity index (χ0n) is 7.17. The van der Waals surface area contributed by atoms with Gasteiger partial charge in [-0.25, -0.2) is 9.97 Å². The molecule has 2 nitrogen and oxygen atoms in total. The van der Waals surface area contributed by atoms with Gasteiger partial charge in [-0.2, -0.15) is 0 Å². The zero-order chi connectivity index (χ0) is 8.10. The van der Waals surface area contributed by atoms with Crippen LogP contribution in [0.5, 0.6) is 0 Å². The SMILES string of the molecule is CC.c1ncc2c(n1)CCC2. The van der Waals surface area contributed by atoms with Gasteiger partial charge in [0.05, 0.1) is 0 Å². The molecule has 0 spiro atoms. The first-order chi connectivity index (χ1) is 5.47. The Labute approximate surface area is 67.7 Å². The fraction of sp³-hybridized carbons (Fsp3) is 0.556. The van der Waals surface area contributed by atoms with Crippen LogP contribution in [0.1, 0.15) is 31.5 Å². The van der Waals surface area contributed by atoms with Crippen molar-refractivity contribution in [2.45, 2.75) is 33.1 Å². The Morgan fingerprint density at radius 3 is 2.82 bits per heavy atom. The minimum Gasteiger partial charge on any atom is -0.245 e. The molecule has 1 aliphatic carbocycles. The number of hydrogen-bond donors (Lipinski definition) is 0. The van der Waals surface area contributed by atoms with Crippen molar-refractivity contribution in [2.24, 2.45) is 0 Å². The summed E-state index contributed by atoms with van der Waals surface area (Å²) in [5, 5.41) is 0. The van der Waals surface area contributed by atoms with Crippen LogP contribution in [0, 0.1) is 0 Å². The van der Waals surface area contributed by atoms with Crippen LogP contribution in [-0.2, 0) is 12.8 Å². The van der Waals surface area contributed by atoms with E-state index in [4.69, 9.17) is 0 Å². The quantitative estimate of drug-likeness (QED) is 0.565. The number of fused-ring (bicyclic) bond motifs is 1. The summed E-state index contributed by atoms with van der Waals surface area (Å²) in [4.78, 5) is 8.09. The molecule has 1 heterocycles. The van der Waals surface area contributed by atoms with E-state index in [9.17, 15) is 0 Å². The lowest BCUT2D eigenvalue weighted by atomic mass is 10.3. The Kier molecular flexibility index (Phi) is 3.02. The van der Waals surface area contributed by atoms with Crippen molar-refractivity contribution >= 4 is 0 Å². The largest absolute Gasteiger partial charge is 0.245 e. The maximum Gasteiger partial charge on any atom is 0.115 e. The summed E-state index contributed by atoms with van der Waals surface area (Å²) < 4.78 is 0. The van der Waals surface area contributed by atoms with Gasteiger partial charge in [-0.1, -0.05) is 13.8 Å². The third kappa shape index (κ3) is 1.76. The highest BCUT2D eigenvalue weighted by Gasteiger charge is 2.09. The van der Waals surface area contributed by atoms with Crippen LogP contribution in [0.3, 0.4) is 0 Å². The third-order valence-corrected chi connectivity index (χ3v) is 1.74. The second kappa shape index (κ2) is 4.06. The molecule has 0 unspecified atom stereocenters. The Bertz CT molecular complexity index is 198. The Morgan fingerprint density at radius 2 is 2.09 bits per heavy atom. The first-order valence-corrected chi connectivity index (χ1v) is 4.24. The van der Waals surface area contributed by atoms with Crippen molar-refractivity contribution in [2.75, 3.05) is 0 Å². The lowest BCUT2D eigenvalue weighted by molar-refractivity contribution is 0.899. The van der Waals surface area contributed by atoms with Crippen LogP contribution >= 0.6 is 0 Å². The van der Waals surface area contributed by atoms with Crippen LogP contribution in [-0.4, -0.2) is 9.97 Å². The first kappa shape index (κ1) is 8.18. The molecule has 11 heavy (non-hydrogen) atoms. The summed E-state index contributed by atoms with van der Waals surface area (Å²) in [6, 6.07) is 0. The number of hydrogen-bond acceptors (Lipinski definition) is 2. The van der Waals surface area contributed by atoms with Gasteiger partial charge in [-0.05, 0) is 24.8 Å². The molecule has 2 heteroatoms. The van der Waals surface area contributed by atoms with Gasteiger partial charge in [0.15, 0.2) is 0 Å². The maximum absolute atomic E-state index is 4.15. The van der Waals surface area contributed by atoms with Gasteiger partial charge in [0.2, 0.25) is 0 Å². The van der Waals surface area contributed by atoms with E-state index in [0.29, 0.717) is 0 Å². The van der Waals surface area contributed by atoms with Crippen LogP contribution in [0.2, 0.25) is 0 Å². The van der Waals surface area contributed by atoms with Crippen molar-refractivity contribution in [1.82, 2.24) is 9.97 Å². The van der Waals surface area contributed by atoms with Crippen molar-refractivity contribution in [3.63, 3.8) is 0 Å². The minimum absolute atomic E-state index is 1.15. The molecule has 0 radical (unpaired) electrons. The summed E-state index contributed by atoms with van der Waals surface area (Å²) in [6.45, 7) is 4.00. The van der Waals surface area contributed by atoms with E-state index in [2.05, 4.69) is 9.97 Å². The number of nitrogens with zero attached hydrogens (tertiary/aromatic N) is 2. The number of aryl methyl sites for hydroxylation is 2. The van der Waals surface area contributed by atoms with Crippen molar-refractivity contribution in [1.29, 1.82) is 0 Å². The average Bonchev–Trinajstić information content (AvgIpc) is 2.55. The molecule has 0 saturated carbocycles. The van der Waals surface area contributed by atoms with Gasteiger partial charge in [0.25, 0.3) is 0 Å². The highest BCUT2D eigenvalue weighted by atomic mass is 14.8. The second-order valence-corrected chi connectivity index (χ2v) is 2.35. The van der Waals surface area contributed by atoms with Crippen LogP contribution in [0.4, 0.5) is 0 Å². The summed E-state index contributed by atoms with van der Waals surface area (Å²) in [6.07, 6.45) is 7.14. The molecule has 0 aliphatic heterocycles.